The lowest BCUT2D eigenvalue weighted by atomic mass is 9.91. The van der Waals surface area contributed by atoms with Gasteiger partial charge < -0.3 is 29.9 Å². The lowest BCUT2D eigenvalue weighted by Gasteiger charge is -2.33. The summed E-state index contributed by atoms with van der Waals surface area (Å²) in [6.07, 6.45) is 8.19. The molecule has 0 spiro atoms. The van der Waals surface area contributed by atoms with E-state index in [0.717, 1.165) is 51.4 Å². The summed E-state index contributed by atoms with van der Waals surface area (Å²) in [5.41, 5.74) is -0.824. The average molecular weight is 485 g/mol. The SMILES string of the molecule is CN(C)C1CCC(NC(=O)OC(C)(C)C)CC1.CN(C)C1CCC(NC(=O)OC(C)(C)C)CC1. The van der Waals surface area contributed by atoms with Gasteiger partial charge >= 0.3 is 12.2 Å². The molecule has 8 nitrogen and oxygen atoms in total. The predicted molar refractivity (Wildman–Crippen MR) is 138 cm³/mol. The number of hydrogen-bond acceptors (Lipinski definition) is 6. The van der Waals surface area contributed by atoms with Gasteiger partial charge in [-0.25, -0.2) is 9.59 Å². The van der Waals surface area contributed by atoms with Gasteiger partial charge in [0.15, 0.2) is 0 Å². The molecular formula is C26H52N4O4. The zero-order chi connectivity index (χ0) is 26.1. The average Bonchev–Trinajstić information content (AvgIpc) is 2.66. The van der Waals surface area contributed by atoms with Gasteiger partial charge in [0.1, 0.15) is 11.2 Å². The number of carbonyl (C=O) groups is 2. The van der Waals surface area contributed by atoms with Crippen molar-refractivity contribution in [2.45, 2.75) is 128 Å². The number of nitrogens with zero attached hydrogens (tertiary/aromatic N) is 2. The second-order valence-electron chi connectivity index (χ2n) is 12.2. The first-order chi connectivity index (χ1) is 15.6. The van der Waals surface area contributed by atoms with Gasteiger partial charge in [0.2, 0.25) is 0 Å². The van der Waals surface area contributed by atoms with E-state index in [4.69, 9.17) is 9.47 Å². The van der Waals surface area contributed by atoms with Crippen molar-refractivity contribution in [1.29, 1.82) is 0 Å². The van der Waals surface area contributed by atoms with Crippen LogP contribution in [0.4, 0.5) is 9.59 Å². The fourth-order valence-corrected chi connectivity index (χ4v) is 4.42. The summed E-state index contributed by atoms with van der Waals surface area (Å²) in [5.74, 6) is 0. The monoisotopic (exact) mass is 484 g/mol. The van der Waals surface area contributed by atoms with E-state index in [-0.39, 0.29) is 24.3 Å². The summed E-state index contributed by atoms with van der Waals surface area (Å²) in [5, 5.41) is 5.91. The fourth-order valence-electron chi connectivity index (χ4n) is 4.42. The lowest BCUT2D eigenvalue weighted by molar-refractivity contribution is 0.0471. The Hall–Kier alpha value is -1.54. The summed E-state index contributed by atoms with van der Waals surface area (Å²) in [4.78, 5) is 27.7. The van der Waals surface area contributed by atoms with Crippen molar-refractivity contribution < 1.29 is 19.1 Å². The smallest absolute Gasteiger partial charge is 0.407 e. The van der Waals surface area contributed by atoms with Crippen LogP contribution in [0, 0.1) is 0 Å². The topological polar surface area (TPSA) is 83.1 Å². The van der Waals surface area contributed by atoms with Gasteiger partial charge in [0, 0.05) is 24.2 Å². The van der Waals surface area contributed by atoms with Crippen LogP contribution in [0.1, 0.15) is 92.9 Å². The second kappa shape index (κ2) is 13.5. The molecule has 2 aliphatic rings. The third-order valence-corrected chi connectivity index (χ3v) is 6.30. The van der Waals surface area contributed by atoms with Crippen LogP contribution in [-0.4, -0.2) is 85.5 Å². The van der Waals surface area contributed by atoms with E-state index in [9.17, 15) is 9.59 Å². The number of amides is 2. The lowest BCUT2D eigenvalue weighted by Crippen LogP contribution is -2.43. The number of ether oxygens (including phenoxy) is 2. The first-order valence-corrected chi connectivity index (χ1v) is 12.9. The normalized spacial score (nSPS) is 25.8. The predicted octanol–water partition coefficient (Wildman–Crippen LogP) is 4.77. The summed E-state index contributed by atoms with van der Waals surface area (Å²) in [6, 6.07) is 1.88. The van der Waals surface area contributed by atoms with Gasteiger partial charge in [-0.05, 0) is 121 Å². The van der Waals surface area contributed by atoms with Gasteiger partial charge in [-0.2, -0.15) is 0 Å². The molecule has 0 saturated heterocycles. The van der Waals surface area contributed by atoms with Crippen molar-refractivity contribution in [1.82, 2.24) is 20.4 Å². The molecule has 2 amide bonds. The van der Waals surface area contributed by atoms with Crippen molar-refractivity contribution in [2.24, 2.45) is 0 Å². The first kappa shape index (κ1) is 30.5. The van der Waals surface area contributed by atoms with Crippen molar-refractivity contribution in [3.8, 4) is 0 Å². The fraction of sp³-hybridized carbons (Fsp3) is 0.923. The number of carbonyl (C=O) groups excluding carboxylic acids is 2. The largest absolute Gasteiger partial charge is 0.444 e. The molecule has 0 unspecified atom stereocenters. The summed E-state index contributed by atoms with van der Waals surface area (Å²) in [7, 11) is 8.47. The van der Waals surface area contributed by atoms with E-state index in [1.54, 1.807) is 0 Å². The maximum Gasteiger partial charge on any atom is 0.407 e. The van der Waals surface area contributed by atoms with Gasteiger partial charge in [-0.15, -0.1) is 0 Å². The highest BCUT2D eigenvalue weighted by atomic mass is 16.6. The Balaban J connectivity index is 0.000000340. The van der Waals surface area contributed by atoms with Gasteiger partial charge in [-0.3, -0.25) is 0 Å². The van der Waals surface area contributed by atoms with Crippen molar-refractivity contribution >= 4 is 12.2 Å². The summed E-state index contributed by atoms with van der Waals surface area (Å²) in [6.45, 7) is 11.3. The molecule has 0 atom stereocenters. The standard InChI is InChI=1S/2C13H26N2O2/c2*1-13(2,3)17-12(16)14-10-6-8-11(9-7-10)15(4)5/h2*10-11H,6-9H2,1-5H3,(H,14,16). The molecule has 0 aromatic rings. The molecule has 0 radical (unpaired) electrons. The minimum absolute atomic E-state index is 0.279. The molecule has 34 heavy (non-hydrogen) atoms. The molecule has 0 aromatic heterocycles. The van der Waals surface area contributed by atoms with Crippen LogP contribution in [0.25, 0.3) is 0 Å². The molecule has 2 aliphatic carbocycles. The molecule has 200 valence electrons. The van der Waals surface area contributed by atoms with Crippen LogP contribution in [0.2, 0.25) is 0 Å². The zero-order valence-electron chi connectivity index (χ0n) is 23.5. The number of hydrogen-bond donors (Lipinski definition) is 2. The maximum atomic E-state index is 11.6. The number of rotatable bonds is 4. The van der Waals surface area contributed by atoms with Crippen LogP contribution in [-0.2, 0) is 9.47 Å². The molecule has 2 fully saturated rings. The van der Waals surface area contributed by atoms with Crippen LogP contribution in [0.15, 0.2) is 0 Å². The molecule has 2 N–H and O–H groups in total. The molecular weight excluding hydrogens is 432 g/mol. The zero-order valence-corrected chi connectivity index (χ0v) is 23.5. The van der Waals surface area contributed by atoms with E-state index in [1.165, 1.54) is 0 Å². The van der Waals surface area contributed by atoms with Gasteiger partial charge in [0.05, 0.1) is 0 Å². The van der Waals surface area contributed by atoms with E-state index >= 15 is 0 Å². The molecule has 2 rings (SSSR count). The second-order valence-corrected chi connectivity index (χ2v) is 12.2. The van der Waals surface area contributed by atoms with Crippen molar-refractivity contribution in [3.05, 3.63) is 0 Å². The van der Waals surface area contributed by atoms with Crippen LogP contribution >= 0.6 is 0 Å². The van der Waals surface area contributed by atoms with Crippen LogP contribution < -0.4 is 10.6 Å². The Morgan fingerprint density at radius 2 is 0.853 bits per heavy atom. The molecule has 0 aromatic carbocycles. The molecule has 0 aliphatic heterocycles. The third-order valence-electron chi connectivity index (χ3n) is 6.30. The van der Waals surface area contributed by atoms with Crippen LogP contribution in [0.5, 0.6) is 0 Å². The Labute approximate surface area is 208 Å². The minimum Gasteiger partial charge on any atom is -0.444 e. The molecule has 0 heterocycles. The number of nitrogens with one attached hydrogen (secondary N) is 2. The van der Waals surface area contributed by atoms with Crippen LogP contribution in [0.3, 0.4) is 0 Å². The molecule has 0 bridgehead atoms. The Morgan fingerprint density at radius 3 is 1.06 bits per heavy atom. The highest BCUT2D eigenvalue weighted by Gasteiger charge is 2.26. The van der Waals surface area contributed by atoms with Crippen molar-refractivity contribution in [2.75, 3.05) is 28.2 Å². The molecule has 8 heteroatoms. The van der Waals surface area contributed by atoms with E-state index < -0.39 is 11.2 Å². The number of alkyl carbamates (subject to hydrolysis) is 2. The van der Waals surface area contributed by atoms with Gasteiger partial charge in [-0.1, -0.05) is 0 Å². The Kier molecular flexibility index (Phi) is 12.1. The highest BCUT2D eigenvalue weighted by molar-refractivity contribution is 5.68. The Bertz CT molecular complexity index is 555. The molecule has 2 saturated carbocycles. The highest BCUT2D eigenvalue weighted by Crippen LogP contribution is 2.23. The van der Waals surface area contributed by atoms with E-state index in [1.807, 2.05) is 41.5 Å². The van der Waals surface area contributed by atoms with E-state index in [0.29, 0.717) is 12.1 Å². The van der Waals surface area contributed by atoms with Crippen molar-refractivity contribution in [3.63, 3.8) is 0 Å². The summed E-state index contributed by atoms with van der Waals surface area (Å²) >= 11 is 0. The maximum absolute atomic E-state index is 11.6. The Morgan fingerprint density at radius 1 is 0.588 bits per heavy atom. The third kappa shape index (κ3) is 13.4. The first-order valence-electron chi connectivity index (χ1n) is 12.9. The van der Waals surface area contributed by atoms with E-state index in [2.05, 4.69) is 48.6 Å². The summed E-state index contributed by atoms with van der Waals surface area (Å²) < 4.78 is 10.5. The minimum atomic E-state index is -0.412. The van der Waals surface area contributed by atoms with Gasteiger partial charge in [0.25, 0.3) is 0 Å². The quantitative estimate of drug-likeness (QED) is 0.598.